The average Bonchev–Trinajstić information content (AvgIpc) is 2.65. The maximum Gasteiger partial charge on any atom is 0.344 e. The van der Waals surface area contributed by atoms with Gasteiger partial charge in [-0.15, -0.1) is 0 Å². The number of carbonyl (C=O) groups is 2. The third-order valence-corrected chi connectivity index (χ3v) is 5.18. The third-order valence-electron chi connectivity index (χ3n) is 3.40. The van der Waals surface area contributed by atoms with E-state index in [0.29, 0.717) is 5.69 Å². The lowest BCUT2D eigenvalue weighted by atomic mass is 10.2. The quantitative estimate of drug-likeness (QED) is 0.728. The van der Waals surface area contributed by atoms with E-state index < -0.39 is 28.6 Å². The minimum atomic E-state index is -3.85. The lowest BCUT2D eigenvalue weighted by Crippen LogP contribution is -2.26. The van der Waals surface area contributed by atoms with Crippen LogP contribution >= 0.6 is 0 Å². The van der Waals surface area contributed by atoms with E-state index >= 15 is 0 Å². The Kier molecular flexibility index (Phi) is 5.76. The number of ether oxygens (including phenoxy) is 2. The van der Waals surface area contributed by atoms with E-state index in [1.165, 1.54) is 38.4 Å². The molecule has 8 heteroatoms. The first-order valence-corrected chi connectivity index (χ1v) is 8.68. The SMILES string of the molecule is COC(=O)COC(=O)c1cccc(S(=O)(=O)N(C)c2ccccc2)c1. The second-order valence-electron chi connectivity index (χ2n) is 4.99. The molecule has 2 aromatic carbocycles. The highest BCUT2D eigenvalue weighted by atomic mass is 32.2. The second-order valence-corrected chi connectivity index (χ2v) is 6.96. The van der Waals surface area contributed by atoms with Gasteiger partial charge in [-0.25, -0.2) is 18.0 Å². The van der Waals surface area contributed by atoms with Crippen molar-refractivity contribution < 1.29 is 27.5 Å². The Labute approximate surface area is 145 Å². The molecule has 0 saturated heterocycles. The molecule has 0 spiro atoms. The first-order chi connectivity index (χ1) is 11.9. The fraction of sp³-hybridized carbons (Fsp3) is 0.176. The molecule has 0 unspecified atom stereocenters. The van der Waals surface area contributed by atoms with E-state index in [4.69, 9.17) is 4.74 Å². The van der Waals surface area contributed by atoms with Crippen LogP contribution in [0.25, 0.3) is 0 Å². The highest BCUT2D eigenvalue weighted by Crippen LogP contribution is 2.22. The summed E-state index contributed by atoms with van der Waals surface area (Å²) in [5.74, 6) is -1.52. The van der Waals surface area contributed by atoms with Crippen molar-refractivity contribution in [3.63, 3.8) is 0 Å². The predicted octanol–water partition coefficient (Wildman–Crippen LogP) is 1.84. The molecule has 0 aliphatic carbocycles. The number of rotatable bonds is 6. The van der Waals surface area contributed by atoms with Gasteiger partial charge in [-0.2, -0.15) is 0 Å². The van der Waals surface area contributed by atoms with Crippen LogP contribution in [0, 0.1) is 0 Å². The van der Waals surface area contributed by atoms with Crippen LogP contribution in [0.4, 0.5) is 5.69 Å². The first kappa shape index (κ1) is 18.5. The van der Waals surface area contributed by atoms with Gasteiger partial charge in [0.2, 0.25) is 0 Å². The Bertz CT molecular complexity index is 864. The van der Waals surface area contributed by atoms with Gasteiger partial charge in [0.1, 0.15) is 0 Å². The number of esters is 2. The molecule has 0 aliphatic rings. The van der Waals surface area contributed by atoms with Gasteiger partial charge in [-0.3, -0.25) is 4.31 Å². The van der Waals surface area contributed by atoms with Gasteiger partial charge in [0.05, 0.1) is 23.3 Å². The van der Waals surface area contributed by atoms with Crippen LogP contribution in [0.15, 0.2) is 59.5 Å². The standard InChI is InChI=1S/C17H17NO6S/c1-18(14-8-4-3-5-9-14)25(21,22)15-10-6-7-13(11-15)17(20)24-12-16(19)23-2/h3-11H,12H2,1-2H3. The Morgan fingerprint density at radius 1 is 1.04 bits per heavy atom. The minimum Gasteiger partial charge on any atom is -0.466 e. The molecule has 0 bridgehead atoms. The number of benzene rings is 2. The first-order valence-electron chi connectivity index (χ1n) is 7.24. The molecule has 132 valence electrons. The number of para-hydroxylation sites is 1. The van der Waals surface area contributed by atoms with E-state index in [-0.39, 0.29) is 10.5 Å². The molecule has 0 atom stereocenters. The highest BCUT2D eigenvalue weighted by Gasteiger charge is 2.22. The van der Waals surface area contributed by atoms with Crippen molar-refractivity contribution in [2.75, 3.05) is 25.1 Å². The molecule has 0 amide bonds. The van der Waals surface area contributed by atoms with Crippen molar-refractivity contribution in [1.82, 2.24) is 0 Å². The summed E-state index contributed by atoms with van der Waals surface area (Å²) in [6.45, 7) is -0.545. The third kappa shape index (κ3) is 4.36. The molecule has 2 rings (SSSR count). The van der Waals surface area contributed by atoms with Crippen molar-refractivity contribution in [3.8, 4) is 0 Å². The number of anilines is 1. The van der Waals surface area contributed by atoms with E-state index in [0.717, 1.165) is 4.31 Å². The number of hydrogen-bond donors (Lipinski definition) is 0. The molecule has 0 radical (unpaired) electrons. The van der Waals surface area contributed by atoms with Crippen LogP contribution in [0.5, 0.6) is 0 Å². The van der Waals surface area contributed by atoms with Crippen LogP contribution in [0.3, 0.4) is 0 Å². The van der Waals surface area contributed by atoms with E-state index in [9.17, 15) is 18.0 Å². The Morgan fingerprint density at radius 3 is 2.36 bits per heavy atom. The maximum atomic E-state index is 12.7. The fourth-order valence-electron chi connectivity index (χ4n) is 1.99. The summed E-state index contributed by atoms with van der Waals surface area (Å²) in [5, 5.41) is 0. The van der Waals surface area contributed by atoms with Crippen LogP contribution in [0.1, 0.15) is 10.4 Å². The Morgan fingerprint density at radius 2 is 1.72 bits per heavy atom. The summed E-state index contributed by atoms with van der Waals surface area (Å²) in [6.07, 6.45) is 0. The lowest BCUT2D eigenvalue weighted by Gasteiger charge is -2.19. The zero-order valence-corrected chi connectivity index (χ0v) is 14.5. The van der Waals surface area contributed by atoms with Crippen molar-refractivity contribution in [2.24, 2.45) is 0 Å². The minimum absolute atomic E-state index is 0.0199. The summed E-state index contributed by atoms with van der Waals surface area (Å²) >= 11 is 0. The number of methoxy groups -OCH3 is 1. The monoisotopic (exact) mass is 363 g/mol. The number of nitrogens with zero attached hydrogens (tertiary/aromatic N) is 1. The van der Waals surface area contributed by atoms with Crippen molar-refractivity contribution in [2.45, 2.75) is 4.90 Å². The summed E-state index contributed by atoms with van der Waals surface area (Å²) in [6, 6.07) is 14.0. The molecular formula is C17H17NO6S. The van der Waals surface area contributed by atoms with E-state index in [1.54, 1.807) is 30.3 Å². The lowest BCUT2D eigenvalue weighted by molar-refractivity contribution is -0.144. The van der Waals surface area contributed by atoms with Crippen molar-refractivity contribution >= 4 is 27.6 Å². The average molecular weight is 363 g/mol. The predicted molar refractivity (Wildman–Crippen MR) is 90.8 cm³/mol. The zero-order valence-electron chi connectivity index (χ0n) is 13.7. The number of carbonyl (C=O) groups excluding carboxylic acids is 2. The van der Waals surface area contributed by atoms with Gasteiger partial charge in [-0.05, 0) is 30.3 Å². The molecule has 0 aliphatic heterocycles. The van der Waals surface area contributed by atoms with Crippen LogP contribution < -0.4 is 4.31 Å². The largest absolute Gasteiger partial charge is 0.466 e. The molecule has 7 nitrogen and oxygen atoms in total. The van der Waals surface area contributed by atoms with Crippen LogP contribution in [-0.4, -0.2) is 41.1 Å². The number of sulfonamides is 1. The van der Waals surface area contributed by atoms with Gasteiger partial charge in [0.25, 0.3) is 10.0 Å². The maximum absolute atomic E-state index is 12.7. The van der Waals surface area contributed by atoms with E-state index in [2.05, 4.69) is 4.74 Å². The summed E-state index contributed by atoms with van der Waals surface area (Å²) in [5.41, 5.74) is 0.507. The van der Waals surface area contributed by atoms with Crippen molar-refractivity contribution in [3.05, 3.63) is 60.2 Å². The molecule has 0 aromatic heterocycles. The summed E-state index contributed by atoms with van der Waals surface area (Å²) < 4.78 is 35.7. The van der Waals surface area contributed by atoms with Crippen molar-refractivity contribution in [1.29, 1.82) is 0 Å². The summed E-state index contributed by atoms with van der Waals surface area (Å²) in [4.78, 5) is 22.9. The van der Waals surface area contributed by atoms with Gasteiger partial charge in [0, 0.05) is 7.05 Å². The molecule has 0 fully saturated rings. The normalized spacial score (nSPS) is 10.8. The molecule has 2 aromatic rings. The molecule has 0 N–H and O–H groups in total. The van der Waals surface area contributed by atoms with Gasteiger partial charge in [-0.1, -0.05) is 24.3 Å². The second kappa shape index (κ2) is 7.80. The van der Waals surface area contributed by atoms with E-state index in [1.807, 2.05) is 0 Å². The zero-order chi connectivity index (χ0) is 18.4. The number of hydrogen-bond acceptors (Lipinski definition) is 6. The van der Waals surface area contributed by atoms with Gasteiger partial charge < -0.3 is 9.47 Å². The van der Waals surface area contributed by atoms with Gasteiger partial charge >= 0.3 is 11.9 Å². The molecule has 0 saturated carbocycles. The molecular weight excluding hydrogens is 346 g/mol. The van der Waals surface area contributed by atoms with Crippen LogP contribution in [0.2, 0.25) is 0 Å². The molecule has 25 heavy (non-hydrogen) atoms. The smallest absolute Gasteiger partial charge is 0.344 e. The summed E-state index contributed by atoms with van der Waals surface area (Å²) in [7, 11) is -1.26. The topological polar surface area (TPSA) is 90.0 Å². The van der Waals surface area contributed by atoms with Crippen LogP contribution in [-0.2, 0) is 24.3 Å². The molecule has 0 heterocycles. The highest BCUT2D eigenvalue weighted by molar-refractivity contribution is 7.92. The Balaban J connectivity index is 2.25. The Hall–Kier alpha value is -2.87. The fourth-order valence-corrected chi connectivity index (χ4v) is 3.23. The van der Waals surface area contributed by atoms with Gasteiger partial charge in [0.15, 0.2) is 6.61 Å².